The highest BCUT2D eigenvalue weighted by Gasteiger charge is 2.17. The number of carboxylic acids is 1. The fraction of sp³-hybridized carbons (Fsp3) is 0.108. The van der Waals surface area contributed by atoms with E-state index in [4.69, 9.17) is 0 Å². The van der Waals surface area contributed by atoms with Gasteiger partial charge in [-0.3, -0.25) is 4.79 Å². The van der Waals surface area contributed by atoms with Gasteiger partial charge in [-0.15, -0.1) is 0 Å². The molecule has 4 aromatic heterocycles. The van der Waals surface area contributed by atoms with Crippen molar-refractivity contribution in [2.75, 3.05) is 0 Å². The molecular formula is C37H32N4O2. The van der Waals surface area contributed by atoms with Crippen LogP contribution in [0.15, 0.2) is 84.9 Å². The Bertz CT molecular complexity index is 2250. The van der Waals surface area contributed by atoms with E-state index < -0.39 is 5.97 Å². The average Bonchev–Trinajstić information content (AvgIpc) is 3.77. The van der Waals surface area contributed by atoms with Gasteiger partial charge < -0.3 is 25.0 Å². The van der Waals surface area contributed by atoms with Crippen LogP contribution in [0.1, 0.15) is 56.2 Å². The van der Waals surface area contributed by atoms with Crippen LogP contribution in [0.25, 0.3) is 23.3 Å². The average molecular weight is 565 g/mol. The van der Waals surface area contributed by atoms with Crippen molar-refractivity contribution in [2.45, 2.75) is 27.2 Å². The quantitative estimate of drug-likeness (QED) is 0.223. The molecule has 0 unspecified atom stereocenters. The van der Waals surface area contributed by atoms with E-state index in [-0.39, 0.29) is 6.42 Å². The highest BCUT2D eigenvalue weighted by atomic mass is 16.4. The molecule has 0 spiro atoms. The molecule has 0 atom stereocenters. The summed E-state index contributed by atoms with van der Waals surface area (Å²) >= 11 is 0. The number of aryl methyl sites for hydroxylation is 3. The maximum absolute atomic E-state index is 11.3. The van der Waals surface area contributed by atoms with Gasteiger partial charge in [-0.1, -0.05) is 42.0 Å². The van der Waals surface area contributed by atoms with Crippen LogP contribution in [-0.4, -0.2) is 31.0 Å². The van der Waals surface area contributed by atoms with Crippen LogP contribution in [0.3, 0.4) is 0 Å². The van der Waals surface area contributed by atoms with E-state index in [2.05, 4.69) is 114 Å². The van der Waals surface area contributed by atoms with Crippen molar-refractivity contribution in [3.63, 3.8) is 0 Å². The predicted octanol–water partition coefficient (Wildman–Crippen LogP) is 4.02. The second kappa shape index (κ2) is 10.4. The first-order valence-corrected chi connectivity index (χ1v) is 14.4. The number of aliphatic carboxylic acids is 1. The zero-order chi connectivity index (χ0) is 29.7. The van der Waals surface area contributed by atoms with Gasteiger partial charge in [0.15, 0.2) is 0 Å². The Morgan fingerprint density at radius 3 is 1.77 bits per heavy atom. The number of carbonyl (C=O) groups is 1. The third-order valence-electron chi connectivity index (χ3n) is 8.06. The van der Waals surface area contributed by atoms with E-state index in [1.807, 2.05) is 24.3 Å². The molecule has 6 nitrogen and oxygen atoms in total. The minimum Gasteiger partial charge on any atom is -0.481 e. The maximum Gasteiger partial charge on any atom is 0.307 e. The highest BCUT2D eigenvalue weighted by Crippen LogP contribution is 2.28. The molecule has 0 saturated carbocycles. The summed E-state index contributed by atoms with van der Waals surface area (Å²) < 4.78 is 0. The maximum atomic E-state index is 11.3. The molecule has 5 heterocycles. The molecule has 5 N–H and O–H groups in total. The first kappa shape index (κ1) is 26.4. The molecule has 1 aliphatic heterocycles. The van der Waals surface area contributed by atoms with Crippen molar-refractivity contribution >= 4 is 29.3 Å². The van der Waals surface area contributed by atoms with Gasteiger partial charge in [0.05, 0.1) is 6.42 Å². The van der Waals surface area contributed by atoms with Gasteiger partial charge in [-0.05, 0) is 109 Å². The molecule has 43 heavy (non-hydrogen) atoms. The van der Waals surface area contributed by atoms with E-state index in [1.54, 1.807) is 0 Å². The molecule has 0 saturated heterocycles. The van der Waals surface area contributed by atoms with E-state index in [9.17, 15) is 9.90 Å². The van der Waals surface area contributed by atoms with Gasteiger partial charge >= 0.3 is 5.97 Å². The summed E-state index contributed by atoms with van der Waals surface area (Å²) in [7, 11) is 0. The van der Waals surface area contributed by atoms with E-state index in [1.165, 1.54) is 22.3 Å². The van der Waals surface area contributed by atoms with Crippen LogP contribution in [0.2, 0.25) is 0 Å². The molecule has 7 rings (SSSR count). The van der Waals surface area contributed by atoms with E-state index >= 15 is 0 Å². The Labute approximate surface area is 248 Å². The van der Waals surface area contributed by atoms with Crippen molar-refractivity contribution in [3.8, 4) is 0 Å². The minimum atomic E-state index is -0.842. The zero-order valence-electron chi connectivity index (χ0n) is 24.3. The molecule has 8 bridgehead atoms. The number of hydrogen-bond donors (Lipinski definition) is 5. The lowest BCUT2D eigenvalue weighted by Gasteiger charge is -2.14. The first-order valence-electron chi connectivity index (χ1n) is 14.4. The Morgan fingerprint density at radius 1 is 0.628 bits per heavy atom. The highest BCUT2D eigenvalue weighted by molar-refractivity contribution is 5.82. The molecule has 0 amide bonds. The standard InChI is InChI=1S/C37H32N4O2/c1-21-16-22(2)35(23(3)17-21)37-32-13-11-29(40-32)20-27-9-8-26(38-27)19-28-10-12-30(39-28)36(31-14-15-33(37)41-31)25-6-4-24(5-7-25)18-34(42)43/h4-17,19-20,38-41H,18H2,1-3H3,(H,42,43). The number of nitrogens with one attached hydrogen (secondary N) is 4. The Hall–Kier alpha value is -5.49. The Balaban J connectivity index is 1.57. The monoisotopic (exact) mass is 564 g/mol. The Morgan fingerprint density at radius 2 is 1.19 bits per heavy atom. The third kappa shape index (κ3) is 5.08. The summed E-state index contributed by atoms with van der Waals surface area (Å²) in [6.45, 7) is 6.49. The molecule has 2 aromatic carbocycles. The normalized spacial score (nSPS) is 12.6. The third-order valence-corrected chi connectivity index (χ3v) is 8.06. The summed E-state index contributed by atoms with van der Waals surface area (Å²) in [5.41, 5.74) is 12.7. The SMILES string of the molecule is Cc1cc(C)c(C2=c3ccc([nH]3)=C(c3ccc(CC(=O)O)cc3)c3ccc([nH]3)C=c3ccc([nH]3)=Cc3ccc2[nH]3)c(C)c1. The largest absolute Gasteiger partial charge is 0.481 e. The predicted molar refractivity (Wildman–Crippen MR) is 170 cm³/mol. The summed E-state index contributed by atoms with van der Waals surface area (Å²) in [6.07, 6.45) is 4.21. The summed E-state index contributed by atoms with van der Waals surface area (Å²) in [6, 6.07) is 29.1. The number of aromatic amines is 4. The number of carboxylic acid groups (broad SMARTS) is 1. The smallest absolute Gasteiger partial charge is 0.307 e. The number of hydrogen-bond acceptors (Lipinski definition) is 1. The number of fused-ring (bicyclic) bond motifs is 8. The van der Waals surface area contributed by atoms with Crippen molar-refractivity contribution in [1.29, 1.82) is 0 Å². The van der Waals surface area contributed by atoms with Crippen LogP contribution < -0.4 is 21.4 Å². The molecule has 0 fully saturated rings. The number of aromatic nitrogens is 4. The van der Waals surface area contributed by atoms with Gasteiger partial charge in [-0.25, -0.2) is 0 Å². The van der Waals surface area contributed by atoms with E-state index in [0.29, 0.717) is 0 Å². The number of rotatable bonds is 4. The molecule has 6 aromatic rings. The molecule has 212 valence electrons. The molecule has 0 radical (unpaired) electrons. The van der Waals surface area contributed by atoms with Gasteiger partial charge in [0.2, 0.25) is 0 Å². The number of H-pyrrole nitrogens is 4. The topological polar surface area (TPSA) is 100 Å². The van der Waals surface area contributed by atoms with Crippen LogP contribution in [-0.2, 0) is 11.2 Å². The zero-order valence-corrected chi connectivity index (χ0v) is 24.3. The van der Waals surface area contributed by atoms with Crippen LogP contribution >= 0.6 is 0 Å². The number of benzene rings is 2. The molecule has 0 aliphatic carbocycles. The first-order chi connectivity index (χ1) is 20.8. The van der Waals surface area contributed by atoms with Crippen LogP contribution in [0.5, 0.6) is 0 Å². The lowest BCUT2D eigenvalue weighted by Crippen LogP contribution is -2.18. The lowest BCUT2D eigenvalue weighted by molar-refractivity contribution is -0.136. The Kier molecular flexibility index (Phi) is 6.39. The van der Waals surface area contributed by atoms with Crippen LogP contribution in [0, 0.1) is 20.8 Å². The van der Waals surface area contributed by atoms with Gasteiger partial charge in [0, 0.05) is 55.3 Å². The summed E-state index contributed by atoms with van der Waals surface area (Å²) in [4.78, 5) is 25.9. The molecule has 1 aliphatic rings. The van der Waals surface area contributed by atoms with Crippen molar-refractivity contribution in [2.24, 2.45) is 0 Å². The fourth-order valence-electron chi connectivity index (χ4n) is 6.31. The van der Waals surface area contributed by atoms with Crippen LogP contribution in [0.4, 0.5) is 0 Å². The lowest BCUT2D eigenvalue weighted by atomic mass is 9.92. The van der Waals surface area contributed by atoms with Crippen molar-refractivity contribution in [3.05, 3.63) is 162 Å². The second-order valence-corrected chi connectivity index (χ2v) is 11.4. The summed E-state index contributed by atoms with van der Waals surface area (Å²) in [5.74, 6) is -0.842. The van der Waals surface area contributed by atoms with E-state index in [0.717, 1.165) is 66.4 Å². The van der Waals surface area contributed by atoms with Crippen molar-refractivity contribution < 1.29 is 9.90 Å². The van der Waals surface area contributed by atoms with Crippen molar-refractivity contribution in [1.82, 2.24) is 19.9 Å². The minimum absolute atomic E-state index is 0.00878. The van der Waals surface area contributed by atoms with Gasteiger partial charge in [0.25, 0.3) is 0 Å². The molecular weight excluding hydrogens is 532 g/mol. The van der Waals surface area contributed by atoms with Gasteiger partial charge in [0.1, 0.15) is 0 Å². The summed E-state index contributed by atoms with van der Waals surface area (Å²) in [5, 5.41) is 13.3. The fourth-order valence-corrected chi connectivity index (χ4v) is 6.31. The second-order valence-electron chi connectivity index (χ2n) is 11.4. The molecule has 6 heteroatoms. The van der Waals surface area contributed by atoms with Gasteiger partial charge in [-0.2, -0.15) is 0 Å².